The molecule has 0 aliphatic heterocycles. The molecule has 0 atom stereocenters. The molecule has 0 aliphatic rings. The van der Waals surface area contributed by atoms with Crippen molar-refractivity contribution >= 4 is 22.4 Å². The van der Waals surface area contributed by atoms with Crippen LogP contribution in [0.5, 0.6) is 5.75 Å². The van der Waals surface area contributed by atoms with E-state index in [4.69, 9.17) is 16.3 Å². The smallest absolute Gasteiger partial charge is 0.258 e. The quantitative estimate of drug-likeness (QED) is 0.735. The second-order valence-electron chi connectivity index (χ2n) is 4.68. The minimum absolute atomic E-state index is 0.00383. The SMILES string of the molecule is O=c1c2ccccc2ccn1CCOc1ccccc1Cl. The second-order valence-corrected chi connectivity index (χ2v) is 5.09. The molecule has 106 valence electrons. The Hall–Kier alpha value is -2.26. The molecule has 3 nitrogen and oxygen atoms in total. The fraction of sp³-hybridized carbons (Fsp3) is 0.118. The molecule has 3 aromatic rings. The van der Waals surface area contributed by atoms with E-state index < -0.39 is 0 Å². The van der Waals surface area contributed by atoms with Crippen LogP contribution in [0, 0.1) is 0 Å². The van der Waals surface area contributed by atoms with E-state index in [9.17, 15) is 4.79 Å². The van der Waals surface area contributed by atoms with Gasteiger partial charge in [-0.1, -0.05) is 41.9 Å². The monoisotopic (exact) mass is 299 g/mol. The Balaban J connectivity index is 1.76. The number of aromatic nitrogens is 1. The van der Waals surface area contributed by atoms with Crippen molar-refractivity contribution in [1.29, 1.82) is 0 Å². The number of hydrogen-bond donors (Lipinski definition) is 0. The molecule has 2 aromatic carbocycles. The molecule has 0 N–H and O–H groups in total. The summed E-state index contributed by atoms with van der Waals surface area (Å²) in [5, 5.41) is 2.24. The molecule has 0 aliphatic carbocycles. The number of benzene rings is 2. The molecule has 3 rings (SSSR count). The minimum atomic E-state index is -0.00383. The van der Waals surface area contributed by atoms with E-state index in [0.29, 0.717) is 23.9 Å². The number of pyridine rings is 1. The maximum atomic E-state index is 12.3. The summed E-state index contributed by atoms with van der Waals surface area (Å²) in [6.45, 7) is 0.872. The zero-order valence-electron chi connectivity index (χ0n) is 11.3. The van der Waals surface area contributed by atoms with Crippen molar-refractivity contribution in [1.82, 2.24) is 4.57 Å². The number of fused-ring (bicyclic) bond motifs is 1. The Labute approximate surface area is 127 Å². The Bertz CT molecular complexity index is 826. The van der Waals surface area contributed by atoms with Crippen LogP contribution in [0.25, 0.3) is 10.8 Å². The Morgan fingerprint density at radius 1 is 1.00 bits per heavy atom. The average Bonchev–Trinajstić information content (AvgIpc) is 2.52. The normalized spacial score (nSPS) is 10.7. The van der Waals surface area contributed by atoms with Crippen molar-refractivity contribution in [2.75, 3.05) is 6.61 Å². The molecule has 0 fully saturated rings. The lowest BCUT2D eigenvalue weighted by atomic mass is 10.2. The zero-order chi connectivity index (χ0) is 14.7. The van der Waals surface area contributed by atoms with Crippen molar-refractivity contribution in [2.45, 2.75) is 6.54 Å². The fourth-order valence-corrected chi connectivity index (χ4v) is 2.41. The van der Waals surface area contributed by atoms with E-state index in [1.54, 1.807) is 16.8 Å². The van der Waals surface area contributed by atoms with Gasteiger partial charge >= 0.3 is 0 Å². The first-order valence-corrected chi connectivity index (χ1v) is 7.09. The molecule has 1 heterocycles. The number of hydrogen-bond acceptors (Lipinski definition) is 2. The lowest BCUT2D eigenvalue weighted by Crippen LogP contribution is -2.22. The van der Waals surface area contributed by atoms with Crippen LogP contribution in [0.1, 0.15) is 0 Å². The standard InChI is InChI=1S/C17H14ClNO2/c18-15-7-3-4-8-16(15)21-12-11-19-10-9-13-5-1-2-6-14(13)17(19)20/h1-10H,11-12H2. The third-order valence-corrected chi connectivity index (χ3v) is 3.62. The van der Waals surface area contributed by atoms with E-state index in [0.717, 1.165) is 10.8 Å². The molecule has 21 heavy (non-hydrogen) atoms. The first kappa shape index (κ1) is 13.7. The van der Waals surface area contributed by atoms with Crippen LogP contribution >= 0.6 is 11.6 Å². The van der Waals surface area contributed by atoms with Gasteiger partial charge < -0.3 is 9.30 Å². The summed E-state index contributed by atoms with van der Waals surface area (Å²) in [5.41, 5.74) is -0.00383. The van der Waals surface area contributed by atoms with Crippen LogP contribution in [0.4, 0.5) is 0 Å². The molecule has 0 bridgehead atoms. The summed E-state index contributed by atoms with van der Waals surface area (Å²) >= 11 is 6.02. The summed E-state index contributed by atoms with van der Waals surface area (Å²) in [7, 11) is 0. The maximum absolute atomic E-state index is 12.3. The van der Waals surface area contributed by atoms with Gasteiger partial charge in [0.2, 0.25) is 0 Å². The summed E-state index contributed by atoms with van der Waals surface area (Å²) in [4.78, 5) is 12.3. The Morgan fingerprint density at radius 2 is 1.76 bits per heavy atom. The number of nitrogens with zero attached hydrogens (tertiary/aromatic N) is 1. The van der Waals surface area contributed by atoms with Gasteiger partial charge in [0.05, 0.1) is 11.6 Å². The highest BCUT2D eigenvalue weighted by molar-refractivity contribution is 6.32. The van der Waals surface area contributed by atoms with Crippen molar-refractivity contribution < 1.29 is 4.74 Å². The van der Waals surface area contributed by atoms with Crippen LogP contribution in [0.2, 0.25) is 5.02 Å². The van der Waals surface area contributed by atoms with E-state index in [2.05, 4.69) is 0 Å². The zero-order valence-corrected chi connectivity index (χ0v) is 12.1. The van der Waals surface area contributed by atoms with E-state index in [-0.39, 0.29) is 5.56 Å². The predicted molar refractivity (Wildman–Crippen MR) is 85.2 cm³/mol. The predicted octanol–water partition coefficient (Wildman–Crippen LogP) is 3.73. The number of ether oxygens (including phenoxy) is 1. The third-order valence-electron chi connectivity index (χ3n) is 3.31. The van der Waals surface area contributed by atoms with Gasteiger partial charge in [-0.3, -0.25) is 4.79 Å². The average molecular weight is 300 g/mol. The summed E-state index contributed by atoms with van der Waals surface area (Å²) in [5.74, 6) is 0.632. The lowest BCUT2D eigenvalue weighted by molar-refractivity contribution is 0.297. The van der Waals surface area contributed by atoms with Crippen LogP contribution in [0.15, 0.2) is 65.6 Å². The molecule has 0 spiro atoms. The Kier molecular flexibility index (Phi) is 3.93. The maximum Gasteiger partial charge on any atom is 0.258 e. The lowest BCUT2D eigenvalue weighted by Gasteiger charge is -2.10. The van der Waals surface area contributed by atoms with Gasteiger partial charge in [0.15, 0.2) is 0 Å². The molecular formula is C17H14ClNO2. The van der Waals surface area contributed by atoms with Gasteiger partial charge in [0.1, 0.15) is 12.4 Å². The number of halogens is 1. The second kappa shape index (κ2) is 6.02. The summed E-state index contributed by atoms with van der Waals surface area (Å²) < 4.78 is 7.27. The number of rotatable bonds is 4. The highest BCUT2D eigenvalue weighted by Gasteiger charge is 2.03. The van der Waals surface area contributed by atoms with Crippen molar-refractivity contribution in [2.24, 2.45) is 0 Å². The highest BCUT2D eigenvalue weighted by Crippen LogP contribution is 2.22. The summed E-state index contributed by atoms with van der Waals surface area (Å²) in [6, 6.07) is 16.8. The first-order valence-electron chi connectivity index (χ1n) is 6.71. The van der Waals surface area contributed by atoms with Gasteiger partial charge in [0.25, 0.3) is 5.56 Å². The van der Waals surface area contributed by atoms with Crippen LogP contribution in [-0.2, 0) is 6.54 Å². The van der Waals surface area contributed by atoms with Crippen LogP contribution in [0.3, 0.4) is 0 Å². The van der Waals surface area contributed by atoms with Gasteiger partial charge in [-0.25, -0.2) is 0 Å². The van der Waals surface area contributed by atoms with Crippen molar-refractivity contribution in [3.8, 4) is 5.75 Å². The first-order chi connectivity index (χ1) is 10.3. The molecular weight excluding hydrogens is 286 g/mol. The topological polar surface area (TPSA) is 31.2 Å². The van der Waals surface area contributed by atoms with Gasteiger partial charge in [-0.2, -0.15) is 0 Å². The number of para-hydroxylation sites is 1. The van der Waals surface area contributed by atoms with Crippen LogP contribution < -0.4 is 10.3 Å². The Morgan fingerprint density at radius 3 is 2.62 bits per heavy atom. The minimum Gasteiger partial charge on any atom is -0.490 e. The molecule has 0 saturated carbocycles. The van der Waals surface area contributed by atoms with Gasteiger partial charge in [-0.05, 0) is 29.7 Å². The van der Waals surface area contributed by atoms with E-state index >= 15 is 0 Å². The van der Waals surface area contributed by atoms with Gasteiger partial charge in [-0.15, -0.1) is 0 Å². The van der Waals surface area contributed by atoms with Crippen molar-refractivity contribution in [3.05, 3.63) is 76.2 Å². The molecule has 0 radical (unpaired) electrons. The summed E-state index contributed by atoms with van der Waals surface area (Å²) in [6.07, 6.45) is 1.79. The molecule has 4 heteroatoms. The molecule has 0 amide bonds. The largest absolute Gasteiger partial charge is 0.490 e. The van der Waals surface area contributed by atoms with Gasteiger partial charge in [0, 0.05) is 11.6 Å². The van der Waals surface area contributed by atoms with E-state index in [1.807, 2.05) is 48.5 Å². The third kappa shape index (κ3) is 2.93. The molecule has 0 saturated heterocycles. The van der Waals surface area contributed by atoms with E-state index in [1.165, 1.54) is 0 Å². The highest BCUT2D eigenvalue weighted by atomic mass is 35.5. The fourth-order valence-electron chi connectivity index (χ4n) is 2.22. The molecule has 0 unspecified atom stereocenters. The molecule has 1 aromatic heterocycles. The van der Waals surface area contributed by atoms with Crippen molar-refractivity contribution in [3.63, 3.8) is 0 Å². The van der Waals surface area contributed by atoms with Crippen LogP contribution in [-0.4, -0.2) is 11.2 Å².